The average molecular weight is 488 g/mol. The summed E-state index contributed by atoms with van der Waals surface area (Å²) < 4.78 is 7.16. The summed E-state index contributed by atoms with van der Waals surface area (Å²) in [7, 11) is 1.64. The molecule has 2 aliphatic rings. The number of fused-ring (bicyclic) bond motifs is 1. The average Bonchev–Trinajstić information content (AvgIpc) is 3.74. The Morgan fingerprint density at radius 1 is 0.917 bits per heavy atom. The van der Waals surface area contributed by atoms with Crippen LogP contribution in [0.25, 0.3) is 10.8 Å². The number of aromatic nitrogens is 1. The Morgan fingerprint density at radius 3 is 2.28 bits per heavy atom. The van der Waals surface area contributed by atoms with Gasteiger partial charge in [-0.2, -0.15) is 0 Å². The van der Waals surface area contributed by atoms with Crippen molar-refractivity contribution in [2.24, 2.45) is 0 Å². The van der Waals surface area contributed by atoms with Crippen molar-refractivity contribution in [2.45, 2.75) is 70.0 Å². The van der Waals surface area contributed by atoms with E-state index in [2.05, 4.69) is 10.6 Å². The SMILES string of the molecule is COc1ccc2cc([C@@H](C)NC(=O)c3cn(C4CC4)cc(C(=O)NC4CCCCC4)c3=O)ccc2c1. The maximum atomic E-state index is 13.3. The Balaban J connectivity index is 1.38. The van der Waals surface area contributed by atoms with E-state index < -0.39 is 11.3 Å². The topological polar surface area (TPSA) is 89.4 Å². The number of hydrogen-bond acceptors (Lipinski definition) is 4. The highest BCUT2D eigenvalue weighted by molar-refractivity contribution is 5.99. The molecule has 0 unspecified atom stereocenters. The Kier molecular flexibility index (Phi) is 6.81. The van der Waals surface area contributed by atoms with E-state index in [0.717, 1.165) is 60.6 Å². The Morgan fingerprint density at radius 2 is 1.58 bits per heavy atom. The molecule has 0 radical (unpaired) electrons. The predicted octanol–water partition coefficient (Wildman–Crippen LogP) is 4.90. The molecular weight excluding hydrogens is 454 g/mol. The third kappa shape index (κ3) is 5.15. The molecule has 0 spiro atoms. The molecule has 0 bridgehead atoms. The summed E-state index contributed by atoms with van der Waals surface area (Å²) >= 11 is 0. The molecular formula is C29H33N3O4. The number of rotatable bonds is 7. The number of benzene rings is 2. The fraction of sp³-hybridized carbons (Fsp3) is 0.414. The van der Waals surface area contributed by atoms with E-state index >= 15 is 0 Å². The molecule has 2 N–H and O–H groups in total. The zero-order chi connectivity index (χ0) is 25.2. The van der Waals surface area contributed by atoms with Crippen LogP contribution in [0.1, 0.15) is 90.2 Å². The number of carbonyl (C=O) groups excluding carboxylic acids is 2. The molecule has 0 aliphatic heterocycles. The highest BCUT2D eigenvalue weighted by Crippen LogP contribution is 2.34. The molecule has 2 fully saturated rings. The molecule has 0 saturated heterocycles. The van der Waals surface area contributed by atoms with Crippen LogP contribution in [-0.4, -0.2) is 29.5 Å². The van der Waals surface area contributed by atoms with E-state index in [1.807, 2.05) is 47.9 Å². The first kappa shape index (κ1) is 24.1. The van der Waals surface area contributed by atoms with Crippen molar-refractivity contribution in [3.63, 3.8) is 0 Å². The molecule has 1 heterocycles. The number of carbonyl (C=O) groups is 2. The van der Waals surface area contributed by atoms with Crippen LogP contribution in [0.5, 0.6) is 5.75 Å². The van der Waals surface area contributed by atoms with Crippen molar-refractivity contribution in [3.05, 3.63) is 75.7 Å². The van der Waals surface area contributed by atoms with Crippen molar-refractivity contribution in [1.82, 2.24) is 15.2 Å². The van der Waals surface area contributed by atoms with Crippen LogP contribution >= 0.6 is 0 Å². The van der Waals surface area contributed by atoms with Crippen molar-refractivity contribution < 1.29 is 14.3 Å². The lowest BCUT2D eigenvalue weighted by Crippen LogP contribution is -2.40. The Hall–Kier alpha value is -3.61. The maximum Gasteiger partial charge on any atom is 0.257 e. The van der Waals surface area contributed by atoms with Crippen LogP contribution in [-0.2, 0) is 0 Å². The number of pyridine rings is 1. The summed E-state index contributed by atoms with van der Waals surface area (Å²) in [6.45, 7) is 1.89. The minimum atomic E-state index is -0.518. The van der Waals surface area contributed by atoms with Gasteiger partial charge in [0.15, 0.2) is 0 Å². The standard InChI is InChI=1S/C29H33N3O4/c1-18(19-8-9-21-15-24(36-2)13-10-20(21)14-19)30-28(34)25-16-32(23-11-12-23)17-26(27(25)33)29(35)31-22-6-4-3-5-7-22/h8-10,13-18,22-23H,3-7,11-12H2,1-2H3,(H,30,34)(H,31,35)/t18-/m1/s1. The van der Waals surface area contributed by atoms with Crippen LogP contribution < -0.4 is 20.8 Å². The van der Waals surface area contributed by atoms with Crippen LogP contribution in [0.4, 0.5) is 0 Å². The van der Waals surface area contributed by atoms with Crippen LogP contribution in [0, 0.1) is 0 Å². The van der Waals surface area contributed by atoms with Gasteiger partial charge in [-0.25, -0.2) is 0 Å². The first-order chi connectivity index (χ1) is 17.4. The summed E-state index contributed by atoms with van der Waals surface area (Å²) in [6, 6.07) is 11.8. The van der Waals surface area contributed by atoms with E-state index in [4.69, 9.17) is 4.74 Å². The molecule has 2 saturated carbocycles. The molecule has 1 atom stereocenters. The third-order valence-electron chi connectivity index (χ3n) is 7.36. The number of ether oxygens (including phenoxy) is 1. The largest absolute Gasteiger partial charge is 0.497 e. The van der Waals surface area contributed by atoms with Crippen LogP contribution in [0.15, 0.2) is 53.6 Å². The minimum absolute atomic E-state index is 0.00979. The normalized spacial score (nSPS) is 16.9. The second-order valence-electron chi connectivity index (χ2n) is 10.1. The fourth-order valence-corrected chi connectivity index (χ4v) is 5.01. The molecule has 3 aromatic rings. The maximum absolute atomic E-state index is 13.3. The smallest absolute Gasteiger partial charge is 0.257 e. The number of hydrogen-bond donors (Lipinski definition) is 2. The van der Waals surface area contributed by atoms with Gasteiger partial charge in [-0.15, -0.1) is 0 Å². The van der Waals surface area contributed by atoms with E-state index in [9.17, 15) is 14.4 Å². The summed E-state index contributed by atoms with van der Waals surface area (Å²) in [4.78, 5) is 39.6. The summed E-state index contributed by atoms with van der Waals surface area (Å²) in [5.74, 6) is -0.0612. The molecule has 5 rings (SSSR count). The van der Waals surface area contributed by atoms with Gasteiger partial charge in [0.05, 0.1) is 13.2 Å². The van der Waals surface area contributed by atoms with Gasteiger partial charge in [0.1, 0.15) is 16.9 Å². The van der Waals surface area contributed by atoms with Gasteiger partial charge in [-0.3, -0.25) is 14.4 Å². The van der Waals surface area contributed by atoms with Gasteiger partial charge in [-0.05, 0) is 67.1 Å². The van der Waals surface area contributed by atoms with Gasteiger partial charge < -0.3 is 19.9 Å². The number of amides is 2. The molecule has 2 aromatic carbocycles. The number of nitrogens with one attached hydrogen (secondary N) is 2. The quantitative estimate of drug-likeness (QED) is 0.496. The van der Waals surface area contributed by atoms with Crippen LogP contribution in [0.3, 0.4) is 0 Å². The van der Waals surface area contributed by atoms with E-state index in [1.54, 1.807) is 19.5 Å². The highest BCUT2D eigenvalue weighted by Gasteiger charge is 2.28. The van der Waals surface area contributed by atoms with Crippen LogP contribution in [0.2, 0.25) is 0 Å². The lowest BCUT2D eigenvalue weighted by Gasteiger charge is -2.23. The fourth-order valence-electron chi connectivity index (χ4n) is 5.01. The first-order valence-corrected chi connectivity index (χ1v) is 12.9. The molecule has 7 heteroatoms. The molecule has 2 amide bonds. The number of methoxy groups -OCH3 is 1. The predicted molar refractivity (Wildman–Crippen MR) is 140 cm³/mol. The van der Waals surface area contributed by atoms with Gasteiger partial charge >= 0.3 is 0 Å². The highest BCUT2D eigenvalue weighted by atomic mass is 16.5. The third-order valence-corrected chi connectivity index (χ3v) is 7.36. The lowest BCUT2D eigenvalue weighted by atomic mass is 9.95. The Bertz CT molecular complexity index is 1350. The summed E-state index contributed by atoms with van der Waals surface area (Å²) in [5.41, 5.74) is 0.466. The van der Waals surface area contributed by atoms with Gasteiger partial charge in [-0.1, -0.05) is 37.5 Å². The lowest BCUT2D eigenvalue weighted by molar-refractivity contribution is 0.0925. The minimum Gasteiger partial charge on any atom is -0.497 e. The zero-order valence-corrected chi connectivity index (χ0v) is 20.9. The van der Waals surface area contributed by atoms with Gasteiger partial charge in [0.25, 0.3) is 11.8 Å². The summed E-state index contributed by atoms with van der Waals surface area (Å²) in [6.07, 6.45) is 10.4. The zero-order valence-electron chi connectivity index (χ0n) is 20.9. The monoisotopic (exact) mass is 487 g/mol. The molecule has 36 heavy (non-hydrogen) atoms. The summed E-state index contributed by atoms with van der Waals surface area (Å²) in [5, 5.41) is 8.07. The van der Waals surface area contributed by atoms with Crippen molar-refractivity contribution in [1.29, 1.82) is 0 Å². The van der Waals surface area contributed by atoms with Crippen molar-refractivity contribution in [2.75, 3.05) is 7.11 Å². The molecule has 1 aromatic heterocycles. The number of nitrogens with zero attached hydrogens (tertiary/aromatic N) is 1. The van der Waals surface area contributed by atoms with E-state index in [0.29, 0.717) is 0 Å². The Labute approximate surface area is 210 Å². The van der Waals surface area contributed by atoms with E-state index in [1.165, 1.54) is 6.42 Å². The molecule has 188 valence electrons. The first-order valence-electron chi connectivity index (χ1n) is 12.9. The molecule has 2 aliphatic carbocycles. The van der Waals surface area contributed by atoms with Gasteiger partial charge in [0, 0.05) is 24.5 Å². The van der Waals surface area contributed by atoms with E-state index in [-0.39, 0.29) is 35.2 Å². The second-order valence-corrected chi connectivity index (χ2v) is 10.1. The van der Waals surface area contributed by atoms with Gasteiger partial charge in [0.2, 0.25) is 5.43 Å². The van der Waals surface area contributed by atoms with Crippen molar-refractivity contribution >= 4 is 22.6 Å². The second kappa shape index (κ2) is 10.2. The van der Waals surface area contributed by atoms with Crippen molar-refractivity contribution in [3.8, 4) is 5.75 Å². The molecule has 7 nitrogen and oxygen atoms in total.